The minimum Gasteiger partial charge on any atom is -0.489 e. The Labute approximate surface area is 141 Å². The summed E-state index contributed by atoms with van der Waals surface area (Å²) in [6.07, 6.45) is 0. The second kappa shape index (κ2) is 6.76. The van der Waals surface area contributed by atoms with E-state index in [1.807, 2.05) is 0 Å². The molecule has 1 atom stereocenters. The lowest BCUT2D eigenvalue weighted by Gasteiger charge is -2.15. The van der Waals surface area contributed by atoms with Crippen LogP contribution in [0.4, 0.5) is 20.6 Å². The van der Waals surface area contributed by atoms with E-state index in [-0.39, 0.29) is 12.4 Å². The topological polar surface area (TPSA) is 79.5 Å². The normalized spacial score (nSPS) is 16.2. The summed E-state index contributed by atoms with van der Waals surface area (Å²) in [5, 5.41) is 8.13. The maximum Gasteiger partial charge on any atom is 0.320 e. The summed E-state index contributed by atoms with van der Waals surface area (Å²) in [5.74, 6) is -0.724. The van der Waals surface area contributed by atoms with Crippen LogP contribution >= 0.6 is 11.6 Å². The summed E-state index contributed by atoms with van der Waals surface area (Å²) in [7, 11) is 0. The van der Waals surface area contributed by atoms with E-state index < -0.39 is 23.8 Å². The number of benzene rings is 2. The van der Waals surface area contributed by atoms with Crippen molar-refractivity contribution in [1.29, 1.82) is 0 Å². The number of anilines is 2. The molecule has 1 aliphatic heterocycles. The zero-order valence-electron chi connectivity index (χ0n) is 12.3. The number of rotatable bonds is 2. The molecule has 0 saturated heterocycles. The number of ether oxygens (including phenoxy) is 1. The van der Waals surface area contributed by atoms with Gasteiger partial charge in [-0.1, -0.05) is 17.7 Å². The number of carbonyl (C=O) groups is 2. The minimum absolute atomic E-state index is 0.120. The SMILES string of the molecule is O=C(Nc1cccc(Cl)c1)N[C@@H]1COc2cc(F)ccc2NC1=O. The second-order valence-electron chi connectivity index (χ2n) is 5.10. The molecule has 0 bridgehead atoms. The number of fused-ring (bicyclic) bond motifs is 1. The molecule has 0 spiro atoms. The third kappa shape index (κ3) is 3.75. The van der Waals surface area contributed by atoms with Crippen molar-refractivity contribution >= 4 is 34.9 Å². The van der Waals surface area contributed by atoms with Crippen LogP contribution in [0.1, 0.15) is 0 Å². The molecule has 0 saturated carbocycles. The lowest BCUT2D eigenvalue weighted by atomic mass is 10.2. The van der Waals surface area contributed by atoms with Crippen molar-refractivity contribution in [3.05, 3.63) is 53.3 Å². The Morgan fingerprint density at radius 1 is 1.29 bits per heavy atom. The van der Waals surface area contributed by atoms with E-state index in [1.165, 1.54) is 18.2 Å². The van der Waals surface area contributed by atoms with Gasteiger partial charge in [0, 0.05) is 16.8 Å². The Morgan fingerprint density at radius 3 is 2.92 bits per heavy atom. The highest BCUT2D eigenvalue weighted by Crippen LogP contribution is 2.27. The van der Waals surface area contributed by atoms with Crippen LogP contribution in [0.25, 0.3) is 0 Å². The van der Waals surface area contributed by atoms with E-state index in [0.717, 1.165) is 0 Å². The molecule has 24 heavy (non-hydrogen) atoms. The van der Waals surface area contributed by atoms with E-state index >= 15 is 0 Å². The molecular formula is C16H13ClFN3O3. The number of hydrogen-bond donors (Lipinski definition) is 3. The maximum atomic E-state index is 13.2. The van der Waals surface area contributed by atoms with Gasteiger partial charge in [-0.25, -0.2) is 9.18 Å². The monoisotopic (exact) mass is 349 g/mol. The van der Waals surface area contributed by atoms with Gasteiger partial charge in [-0.05, 0) is 30.3 Å². The Balaban J connectivity index is 1.65. The first-order chi connectivity index (χ1) is 11.5. The van der Waals surface area contributed by atoms with Crippen molar-refractivity contribution in [1.82, 2.24) is 5.32 Å². The lowest BCUT2D eigenvalue weighted by molar-refractivity contribution is -0.118. The van der Waals surface area contributed by atoms with Gasteiger partial charge in [-0.2, -0.15) is 0 Å². The maximum absolute atomic E-state index is 13.2. The van der Waals surface area contributed by atoms with Crippen molar-refractivity contribution in [2.24, 2.45) is 0 Å². The quantitative estimate of drug-likeness (QED) is 0.779. The Kier molecular flexibility index (Phi) is 4.52. The van der Waals surface area contributed by atoms with Crippen LogP contribution in [0.2, 0.25) is 5.02 Å². The molecule has 8 heteroatoms. The first-order valence-corrected chi connectivity index (χ1v) is 7.45. The molecule has 3 amide bonds. The number of amides is 3. The number of nitrogens with one attached hydrogen (secondary N) is 3. The van der Waals surface area contributed by atoms with Gasteiger partial charge in [-0.15, -0.1) is 0 Å². The van der Waals surface area contributed by atoms with E-state index in [0.29, 0.717) is 16.4 Å². The third-order valence-electron chi connectivity index (χ3n) is 3.31. The van der Waals surface area contributed by atoms with Crippen LogP contribution in [0.5, 0.6) is 5.75 Å². The standard InChI is InChI=1S/C16H13ClFN3O3/c17-9-2-1-3-11(6-9)19-16(23)21-13-8-24-14-7-10(18)4-5-12(14)20-15(13)22/h1-7,13H,8H2,(H,20,22)(H2,19,21,23)/t13-/m1/s1. The van der Waals surface area contributed by atoms with Crippen LogP contribution in [0.15, 0.2) is 42.5 Å². The molecular weight excluding hydrogens is 337 g/mol. The van der Waals surface area contributed by atoms with Crippen molar-refractivity contribution in [3.63, 3.8) is 0 Å². The van der Waals surface area contributed by atoms with Crippen LogP contribution in [0.3, 0.4) is 0 Å². The van der Waals surface area contributed by atoms with E-state index in [9.17, 15) is 14.0 Å². The summed E-state index contributed by atoms with van der Waals surface area (Å²) < 4.78 is 18.6. The zero-order chi connectivity index (χ0) is 17.1. The van der Waals surface area contributed by atoms with Gasteiger partial charge in [0.15, 0.2) is 0 Å². The average molecular weight is 350 g/mol. The van der Waals surface area contributed by atoms with Crippen molar-refractivity contribution in [2.75, 3.05) is 17.2 Å². The number of urea groups is 1. The molecule has 0 radical (unpaired) electrons. The molecule has 1 heterocycles. The molecule has 2 aromatic rings. The first kappa shape index (κ1) is 16.1. The molecule has 6 nitrogen and oxygen atoms in total. The first-order valence-electron chi connectivity index (χ1n) is 7.07. The highest BCUT2D eigenvalue weighted by atomic mass is 35.5. The highest BCUT2D eigenvalue weighted by molar-refractivity contribution is 6.30. The average Bonchev–Trinajstić information content (AvgIpc) is 2.67. The molecule has 0 unspecified atom stereocenters. The van der Waals surface area contributed by atoms with Gasteiger partial charge in [0.25, 0.3) is 5.91 Å². The number of hydrogen-bond acceptors (Lipinski definition) is 3. The zero-order valence-corrected chi connectivity index (χ0v) is 13.1. The van der Waals surface area contributed by atoms with Gasteiger partial charge in [0.2, 0.25) is 0 Å². The third-order valence-corrected chi connectivity index (χ3v) is 3.55. The Morgan fingerprint density at radius 2 is 2.12 bits per heavy atom. The second-order valence-corrected chi connectivity index (χ2v) is 5.54. The predicted molar refractivity (Wildman–Crippen MR) is 87.9 cm³/mol. The number of halogens is 2. The molecule has 3 N–H and O–H groups in total. The molecule has 3 rings (SSSR count). The molecule has 1 aliphatic rings. The minimum atomic E-state index is -0.931. The van der Waals surface area contributed by atoms with E-state index in [2.05, 4.69) is 16.0 Å². The fourth-order valence-electron chi connectivity index (χ4n) is 2.19. The summed E-state index contributed by atoms with van der Waals surface area (Å²) in [6, 6.07) is 8.86. The molecule has 0 aromatic heterocycles. The van der Waals surface area contributed by atoms with Crippen LogP contribution in [-0.4, -0.2) is 24.6 Å². The smallest absolute Gasteiger partial charge is 0.320 e. The van der Waals surface area contributed by atoms with Crippen molar-refractivity contribution in [2.45, 2.75) is 6.04 Å². The highest BCUT2D eigenvalue weighted by Gasteiger charge is 2.26. The molecule has 2 aromatic carbocycles. The number of carbonyl (C=O) groups excluding carboxylic acids is 2. The van der Waals surface area contributed by atoms with Crippen molar-refractivity contribution < 1.29 is 18.7 Å². The summed E-state index contributed by atoms with van der Waals surface area (Å²) in [4.78, 5) is 24.2. The fraction of sp³-hybridized carbons (Fsp3) is 0.125. The largest absolute Gasteiger partial charge is 0.489 e. The van der Waals surface area contributed by atoms with Crippen LogP contribution in [0, 0.1) is 5.82 Å². The molecule has 0 aliphatic carbocycles. The molecule has 0 fully saturated rings. The van der Waals surface area contributed by atoms with Gasteiger partial charge >= 0.3 is 6.03 Å². The Hall–Kier alpha value is -2.80. The van der Waals surface area contributed by atoms with Gasteiger partial charge < -0.3 is 20.7 Å². The van der Waals surface area contributed by atoms with E-state index in [1.54, 1.807) is 24.3 Å². The van der Waals surface area contributed by atoms with E-state index in [4.69, 9.17) is 16.3 Å². The lowest BCUT2D eigenvalue weighted by Crippen LogP contribution is -2.47. The van der Waals surface area contributed by atoms with Gasteiger partial charge in [-0.3, -0.25) is 4.79 Å². The van der Waals surface area contributed by atoms with Crippen LogP contribution < -0.4 is 20.7 Å². The summed E-state index contributed by atoms with van der Waals surface area (Å²) in [5.41, 5.74) is 0.834. The van der Waals surface area contributed by atoms with Gasteiger partial charge in [0.1, 0.15) is 24.2 Å². The fourth-order valence-corrected chi connectivity index (χ4v) is 2.38. The van der Waals surface area contributed by atoms with Crippen LogP contribution in [-0.2, 0) is 4.79 Å². The van der Waals surface area contributed by atoms with Gasteiger partial charge in [0.05, 0.1) is 5.69 Å². The summed E-state index contributed by atoms with van der Waals surface area (Å²) >= 11 is 5.84. The Bertz CT molecular complexity index is 800. The summed E-state index contributed by atoms with van der Waals surface area (Å²) in [6.45, 7) is -0.120. The molecule has 124 valence electrons. The van der Waals surface area contributed by atoms with Crippen molar-refractivity contribution in [3.8, 4) is 5.75 Å². The predicted octanol–water partition coefficient (Wildman–Crippen LogP) is 3.00.